The lowest BCUT2D eigenvalue weighted by Crippen LogP contribution is -2.34. The predicted molar refractivity (Wildman–Crippen MR) is 71.6 cm³/mol. The minimum Gasteiger partial charge on any atom is -0.359 e. The molecule has 5 heteroatoms. The number of hydrogen-bond acceptors (Lipinski definition) is 3. The standard InChI is InChI=1S/C11H17BrN2OS/c1-8(11(15)13-2)6-14(3)7-10-9(12)4-5-16-10/h4-5,8H,6-7H2,1-3H3,(H,13,15). The van der Waals surface area contributed by atoms with Crippen molar-refractivity contribution in [2.24, 2.45) is 5.92 Å². The quantitative estimate of drug-likeness (QED) is 0.905. The molecule has 1 atom stereocenters. The Morgan fingerprint density at radius 2 is 2.38 bits per heavy atom. The van der Waals surface area contributed by atoms with E-state index < -0.39 is 0 Å². The molecule has 0 fully saturated rings. The van der Waals surface area contributed by atoms with Gasteiger partial charge in [0.2, 0.25) is 5.91 Å². The highest BCUT2D eigenvalue weighted by atomic mass is 79.9. The van der Waals surface area contributed by atoms with Crippen LogP contribution >= 0.6 is 27.3 Å². The van der Waals surface area contributed by atoms with Gasteiger partial charge in [0.1, 0.15) is 0 Å². The number of thiophene rings is 1. The predicted octanol–water partition coefficient (Wildman–Crippen LogP) is 2.32. The molecule has 1 heterocycles. The van der Waals surface area contributed by atoms with E-state index in [1.54, 1.807) is 18.4 Å². The Morgan fingerprint density at radius 1 is 1.69 bits per heavy atom. The molecule has 1 rings (SSSR count). The molecule has 1 amide bonds. The fourth-order valence-electron chi connectivity index (χ4n) is 1.54. The van der Waals surface area contributed by atoms with Crippen molar-refractivity contribution < 1.29 is 4.79 Å². The molecule has 16 heavy (non-hydrogen) atoms. The largest absolute Gasteiger partial charge is 0.359 e. The van der Waals surface area contributed by atoms with Gasteiger partial charge in [0.15, 0.2) is 0 Å². The van der Waals surface area contributed by atoms with Gasteiger partial charge < -0.3 is 10.2 Å². The van der Waals surface area contributed by atoms with Crippen molar-refractivity contribution in [2.45, 2.75) is 13.5 Å². The van der Waals surface area contributed by atoms with Gasteiger partial charge in [0.05, 0.1) is 0 Å². The van der Waals surface area contributed by atoms with Crippen LogP contribution in [0, 0.1) is 5.92 Å². The van der Waals surface area contributed by atoms with E-state index in [0.717, 1.165) is 17.6 Å². The number of carbonyl (C=O) groups excluding carboxylic acids is 1. The molecule has 1 aromatic rings. The number of nitrogens with one attached hydrogen (secondary N) is 1. The number of carbonyl (C=O) groups is 1. The smallest absolute Gasteiger partial charge is 0.223 e. The Kier molecular flexibility index (Phi) is 5.44. The van der Waals surface area contributed by atoms with Crippen LogP contribution in [-0.4, -0.2) is 31.4 Å². The van der Waals surface area contributed by atoms with Crippen molar-refractivity contribution in [3.63, 3.8) is 0 Å². The molecule has 1 unspecified atom stereocenters. The van der Waals surface area contributed by atoms with E-state index >= 15 is 0 Å². The monoisotopic (exact) mass is 304 g/mol. The minimum absolute atomic E-state index is 0.0220. The molecule has 0 aliphatic carbocycles. The Hall–Kier alpha value is -0.390. The van der Waals surface area contributed by atoms with Crippen LogP contribution in [-0.2, 0) is 11.3 Å². The topological polar surface area (TPSA) is 32.3 Å². The maximum Gasteiger partial charge on any atom is 0.223 e. The molecule has 0 saturated carbocycles. The first-order valence-electron chi connectivity index (χ1n) is 5.16. The summed E-state index contributed by atoms with van der Waals surface area (Å²) in [4.78, 5) is 14.8. The van der Waals surface area contributed by atoms with Crippen LogP contribution in [0.15, 0.2) is 15.9 Å². The highest BCUT2D eigenvalue weighted by molar-refractivity contribution is 9.10. The SMILES string of the molecule is CNC(=O)C(C)CN(C)Cc1sccc1Br. The van der Waals surface area contributed by atoms with Crippen LogP contribution in [0.2, 0.25) is 0 Å². The van der Waals surface area contributed by atoms with Gasteiger partial charge in [-0.3, -0.25) is 4.79 Å². The summed E-state index contributed by atoms with van der Waals surface area (Å²) in [7, 11) is 3.71. The molecule has 1 N–H and O–H groups in total. The Morgan fingerprint density at radius 3 is 2.88 bits per heavy atom. The summed E-state index contributed by atoms with van der Waals surface area (Å²) in [5, 5.41) is 4.73. The summed E-state index contributed by atoms with van der Waals surface area (Å²) in [6.45, 7) is 3.59. The van der Waals surface area contributed by atoms with E-state index in [9.17, 15) is 4.79 Å². The molecule has 0 saturated heterocycles. The molecule has 90 valence electrons. The molecule has 0 spiro atoms. The average Bonchev–Trinajstić information content (AvgIpc) is 2.63. The van der Waals surface area contributed by atoms with Gasteiger partial charge in [-0.25, -0.2) is 0 Å². The number of rotatable bonds is 5. The second-order valence-electron chi connectivity index (χ2n) is 3.90. The zero-order valence-corrected chi connectivity index (χ0v) is 12.2. The molecule has 0 bridgehead atoms. The third-order valence-electron chi connectivity index (χ3n) is 2.38. The highest BCUT2D eigenvalue weighted by Crippen LogP contribution is 2.23. The van der Waals surface area contributed by atoms with Crippen LogP contribution < -0.4 is 5.32 Å². The number of nitrogens with zero attached hydrogens (tertiary/aromatic N) is 1. The summed E-state index contributed by atoms with van der Waals surface area (Å²) in [5.74, 6) is 0.117. The fraction of sp³-hybridized carbons (Fsp3) is 0.545. The third kappa shape index (κ3) is 3.88. The van der Waals surface area contributed by atoms with Crippen molar-refractivity contribution in [3.8, 4) is 0 Å². The van der Waals surface area contributed by atoms with Crippen molar-refractivity contribution >= 4 is 33.2 Å². The van der Waals surface area contributed by atoms with Crippen molar-refractivity contribution in [1.29, 1.82) is 0 Å². The molecule has 0 radical (unpaired) electrons. The number of hydrogen-bond donors (Lipinski definition) is 1. The van der Waals surface area contributed by atoms with Gasteiger partial charge >= 0.3 is 0 Å². The molecule has 1 aromatic heterocycles. The summed E-state index contributed by atoms with van der Waals surface area (Å²) in [6.07, 6.45) is 0. The normalized spacial score (nSPS) is 12.8. The van der Waals surface area contributed by atoms with Gasteiger partial charge in [0, 0.05) is 35.4 Å². The van der Waals surface area contributed by atoms with E-state index in [4.69, 9.17) is 0 Å². The summed E-state index contributed by atoms with van der Waals surface area (Å²) in [6, 6.07) is 2.05. The third-order valence-corrected chi connectivity index (χ3v) is 4.30. The van der Waals surface area contributed by atoms with Gasteiger partial charge in [-0.05, 0) is 34.4 Å². The molecule has 0 aliphatic heterocycles. The first-order valence-corrected chi connectivity index (χ1v) is 6.84. The minimum atomic E-state index is 0.0220. The van der Waals surface area contributed by atoms with Crippen LogP contribution in [0.25, 0.3) is 0 Å². The van der Waals surface area contributed by atoms with Gasteiger partial charge in [0.25, 0.3) is 0 Å². The first-order chi connectivity index (χ1) is 7.54. The zero-order valence-electron chi connectivity index (χ0n) is 9.79. The lowest BCUT2D eigenvalue weighted by Gasteiger charge is -2.19. The van der Waals surface area contributed by atoms with E-state index in [-0.39, 0.29) is 11.8 Å². The zero-order chi connectivity index (χ0) is 12.1. The Balaban J connectivity index is 2.45. The van der Waals surface area contributed by atoms with Gasteiger partial charge in [-0.2, -0.15) is 0 Å². The second-order valence-corrected chi connectivity index (χ2v) is 5.76. The van der Waals surface area contributed by atoms with Gasteiger partial charge in [-0.15, -0.1) is 11.3 Å². The second kappa shape index (κ2) is 6.37. The van der Waals surface area contributed by atoms with E-state index in [1.165, 1.54) is 4.88 Å². The van der Waals surface area contributed by atoms with E-state index in [1.807, 2.05) is 14.0 Å². The summed E-state index contributed by atoms with van der Waals surface area (Å²) < 4.78 is 1.15. The van der Waals surface area contributed by atoms with Crippen LogP contribution in [0.4, 0.5) is 0 Å². The summed E-state index contributed by atoms with van der Waals surface area (Å²) >= 11 is 5.24. The maximum atomic E-state index is 11.4. The molecule has 0 aliphatic rings. The van der Waals surface area contributed by atoms with Crippen molar-refractivity contribution in [2.75, 3.05) is 20.6 Å². The molecule has 0 aromatic carbocycles. The van der Waals surface area contributed by atoms with Crippen LogP contribution in [0.3, 0.4) is 0 Å². The average molecular weight is 305 g/mol. The number of amides is 1. The Bertz CT molecular complexity index is 354. The van der Waals surface area contributed by atoms with Crippen LogP contribution in [0.5, 0.6) is 0 Å². The Labute approximate surface area is 109 Å². The van der Waals surface area contributed by atoms with Crippen LogP contribution in [0.1, 0.15) is 11.8 Å². The maximum absolute atomic E-state index is 11.4. The van der Waals surface area contributed by atoms with Crippen molar-refractivity contribution in [3.05, 3.63) is 20.8 Å². The first kappa shape index (κ1) is 13.7. The highest BCUT2D eigenvalue weighted by Gasteiger charge is 2.14. The van der Waals surface area contributed by atoms with Gasteiger partial charge in [-0.1, -0.05) is 6.92 Å². The number of halogens is 1. The fourth-order valence-corrected chi connectivity index (χ4v) is 3.10. The van der Waals surface area contributed by atoms with Crippen molar-refractivity contribution in [1.82, 2.24) is 10.2 Å². The molecular formula is C11H17BrN2OS. The lowest BCUT2D eigenvalue weighted by atomic mass is 10.1. The lowest BCUT2D eigenvalue weighted by molar-refractivity contribution is -0.124. The van der Waals surface area contributed by atoms with E-state index in [2.05, 4.69) is 37.6 Å². The molecular weight excluding hydrogens is 288 g/mol. The molecule has 3 nitrogen and oxygen atoms in total. The van der Waals surface area contributed by atoms with E-state index in [0.29, 0.717) is 0 Å². The summed E-state index contributed by atoms with van der Waals surface area (Å²) in [5.41, 5.74) is 0.